The molecular weight excluding hydrogens is 729 g/mol. The van der Waals surface area contributed by atoms with E-state index in [1.165, 1.54) is 39.0 Å². The van der Waals surface area contributed by atoms with Crippen LogP contribution in [0.3, 0.4) is 0 Å². The largest absolute Gasteiger partial charge is 0.508 e. The van der Waals surface area contributed by atoms with Gasteiger partial charge in [0.15, 0.2) is 0 Å². The molecule has 0 bridgehead atoms. The monoisotopic (exact) mass is 770 g/mol. The predicted molar refractivity (Wildman–Crippen MR) is 218 cm³/mol. The van der Waals surface area contributed by atoms with Gasteiger partial charge >= 0.3 is 12.3 Å². The van der Waals surface area contributed by atoms with E-state index in [2.05, 4.69) is 62.4 Å². The molecule has 0 spiro atoms. The van der Waals surface area contributed by atoms with E-state index in [1.807, 2.05) is 36.4 Å². The lowest BCUT2D eigenvalue weighted by Crippen LogP contribution is -2.15. The van der Waals surface area contributed by atoms with Crippen molar-refractivity contribution in [3.8, 4) is 0 Å². The normalized spacial score (nSPS) is 12.8. The van der Waals surface area contributed by atoms with Crippen molar-refractivity contribution in [3.05, 3.63) is 106 Å². The summed E-state index contributed by atoms with van der Waals surface area (Å²) in [5.74, 6) is 0. The first-order valence-electron chi connectivity index (χ1n) is 18.1. The van der Waals surface area contributed by atoms with Crippen LogP contribution >= 0.6 is 45.3 Å². The Labute approximate surface area is 319 Å². The minimum atomic E-state index is -0.612. The number of thiophene rings is 4. The molecule has 7 rings (SSSR count). The highest BCUT2D eigenvalue weighted by Crippen LogP contribution is 2.48. The van der Waals surface area contributed by atoms with Crippen molar-refractivity contribution in [3.63, 3.8) is 0 Å². The maximum Gasteiger partial charge on any atom is 0.508 e. The Morgan fingerprint density at radius 2 is 0.962 bits per heavy atom. The molecule has 7 aromatic rings. The molecular formula is C42H42O6S4. The second-order valence-corrected chi connectivity index (χ2v) is 17.3. The van der Waals surface area contributed by atoms with E-state index in [0.717, 1.165) is 59.4 Å². The first-order valence-corrected chi connectivity index (χ1v) is 21.3. The second-order valence-electron chi connectivity index (χ2n) is 12.9. The van der Waals surface area contributed by atoms with Gasteiger partial charge in [0.05, 0.1) is 22.6 Å². The molecule has 0 N–H and O–H groups in total. The number of carbonyl (C=O) groups excluding carboxylic acids is 2. The summed E-state index contributed by atoms with van der Waals surface area (Å²) in [6.07, 6.45) is 4.90. The Morgan fingerprint density at radius 3 is 1.37 bits per heavy atom. The lowest BCUT2D eigenvalue weighted by atomic mass is 10.1. The van der Waals surface area contributed by atoms with Crippen molar-refractivity contribution < 1.29 is 28.5 Å². The van der Waals surface area contributed by atoms with Crippen LogP contribution < -0.4 is 0 Å². The van der Waals surface area contributed by atoms with E-state index in [4.69, 9.17) is 18.9 Å². The Bertz CT molecular complexity index is 2090. The molecule has 0 saturated heterocycles. The summed E-state index contributed by atoms with van der Waals surface area (Å²) in [6, 6.07) is 29.3. The van der Waals surface area contributed by atoms with Crippen molar-refractivity contribution in [2.75, 3.05) is 13.2 Å². The van der Waals surface area contributed by atoms with Gasteiger partial charge in [-0.3, -0.25) is 0 Å². The number of ether oxygens (including phenoxy) is 4. The van der Waals surface area contributed by atoms with E-state index in [0.29, 0.717) is 26.1 Å². The van der Waals surface area contributed by atoms with E-state index in [9.17, 15) is 9.59 Å². The molecule has 10 heteroatoms. The lowest BCUT2D eigenvalue weighted by Gasteiger charge is -2.17. The van der Waals surface area contributed by atoms with Gasteiger partial charge in [-0.05, 0) is 48.2 Å². The SMILES string of the molecule is CCCCCOC(=O)OC(Cc1ccccc1)c1cc2sc3cc4c(cc3c2s1)sc1cc(C(Cc2ccccc2)OC(=O)OCCCCC)sc14. The summed E-state index contributed by atoms with van der Waals surface area (Å²) in [5.41, 5.74) is 2.21. The van der Waals surface area contributed by atoms with Crippen LogP contribution in [0.5, 0.6) is 0 Å². The Morgan fingerprint density at radius 1 is 0.538 bits per heavy atom. The third-order valence-electron chi connectivity index (χ3n) is 9.02. The quantitative estimate of drug-likeness (QED) is 0.0720. The van der Waals surface area contributed by atoms with Gasteiger partial charge in [-0.25, -0.2) is 9.59 Å². The standard InChI is InChI=1S/C42H42O6S4/c1-3-5-13-19-45-41(43)47-31(21-27-15-9-7-10-16-27)35-25-37-39(51-35)29-23-34-30(24-33(29)49-37)40-38(50-34)26-36(52-40)32(22-28-17-11-8-12-18-28)48-42(44)46-20-14-6-4-2/h7-12,15-18,23-26,31-32H,3-6,13-14,19-22H2,1-2H3. The summed E-state index contributed by atoms with van der Waals surface area (Å²) < 4.78 is 30.1. The fourth-order valence-corrected chi connectivity index (χ4v) is 11.5. The minimum Gasteiger partial charge on any atom is -0.434 e. The summed E-state index contributed by atoms with van der Waals surface area (Å²) >= 11 is 6.93. The summed E-state index contributed by atoms with van der Waals surface area (Å²) in [6.45, 7) is 4.99. The van der Waals surface area contributed by atoms with Crippen LogP contribution in [0.2, 0.25) is 0 Å². The molecule has 0 radical (unpaired) electrons. The Hall–Kier alpha value is -3.96. The zero-order valence-corrected chi connectivity index (χ0v) is 32.7. The highest BCUT2D eigenvalue weighted by Gasteiger charge is 2.25. The van der Waals surface area contributed by atoms with E-state index in [-0.39, 0.29) is 0 Å². The van der Waals surface area contributed by atoms with Gasteiger partial charge in [-0.2, -0.15) is 0 Å². The van der Waals surface area contributed by atoms with Crippen LogP contribution in [0.1, 0.15) is 85.5 Å². The van der Waals surface area contributed by atoms with Crippen molar-refractivity contribution in [1.29, 1.82) is 0 Å². The molecule has 4 heterocycles. The van der Waals surface area contributed by atoms with E-state index in [1.54, 1.807) is 45.3 Å². The maximum absolute atomic E-state index is 12.8. The van der Waals surface area contributed by atoms with Gasteiger partial charge in [0, 0.05) is 52.2 Å². The highest BCUT2D eigenvalue weighted by atomic mass is 32.1. The zero-order chi connectivity index (χ0) is 35.9. The van der Waals surface area contributed by atoms with E-state index < -0.39 is 24.5 Å². The number of fused-ring (bicyclic) bond motifs is 6. The van der Waals surface area contributed by atoms with Gasteiger partial charge < -0.3 is 18.9 Å². The molecule has 6 nitrogen and oxygen atoms in total. The molecule has 2 atom stereocenters. The van der Waals surface area contributed by atoms with Crippen molar-refractivity contribution in [2.24, 2.45) is 0 Å². The number of rotatable bonds is 16. The second kappa shape index (κ2) is 17.2. The highest BCUT2D eigenvalue weighted by molar-refractivity contribution is 7.34. The van der Waals surface area contributed by atoms with Crippen molar-refractivity contribution in [2.45, 2.75) is 77.4 Å². The summed E-state index contributed by atoms with van der Waals surface area (Å²) in [7, 11) is 0. The minimum absolute atomic E-state index is 0.372. The van der Waals surface area contributed by atoms with Crippen LogP contribution in [0.4, 0.5) is 9.59 Å². The molecule has 0 saturated carbocycles. The molecule has 0 fully saturated rings. The number of benzene rings is 3. The number of carbonyl (C=O) groups is 2. The van der Waals surface area contributed by atoms with Crippen molar-refractivity contribution >= 4 is 96.6 Å². The zero-order valence-electron chi connectivity index (χ0n) is 29.4. The van der Waals surface area contributed by atoms with Gasteiger partial charge in [-0.15, -0.1) is 45.3 Å². The molecule has 270 valence electrons. The molecule has 52 heavy (non-hydrogen) atoms. The fraction of sp³-hybridized carbons (Fsp3) is 0.333. The van der Waals surface area contributed by atoms with Crippen LogP contribution in [0.25, 0.3) is 39.0 Å². The first-order chi connectivity index (χ1) is 25.5. The fourth-order valence-electron chi connectivity index (χ4n) is 6.32. The molecule has 0 aliphatic heterocycles. The molecule has 0 aliphatic rings. The summed E-state index contributed by atoms with van der Waals surface area (Å²) in [4.78, 5) is 27.6. The molecule has 0 amide bonds. The number of hydrogen-bond acceptors (Lipinski definition) is 10. The van der Waals surface area contributed by atoms with Gasteiger partial charge in [0.2, 0.25) is 0 Å². The third-order valence-corrected chi connectivity index (χ3v) is 14.0. The average molecular weight is 771 g/mol. The Kier molecular flexibility index (Phi) is 12.1. The van der Waals surface area contributed by atoms with Crippen LogP contribution in [-0.2, 0) is 31.8 Å². The smallest absolute Gasteiger partial charge is 0.434 e. The van der Waals surface area contributed by atoms with Gasteiger partial charge in [0.25, 0.3) is 0 Å². The molecule has 2 unspecified atom stereocenters. The maximum atomic E-state index is 12.8. The molecule has 3 aromatic carbocycles. The van der Waals surface area contributed by atoms with Crippen molar-refractivity contribution in [1.82, 2.24) is 0 Å². The Balaban J connectivity index is 1.16. The third kappa shape index (κ3) is 8.63. The van der Waals surface area contributed by atoms with Crippen LogP contribution in [-0.4, -0.2) is 25.5 Å². The first kappa shape index (κ1) is 36.4. The number of unbranched alkanes of at least 4 members (excludes halogenated alkanes) is 4. The topological polar surface area (TPSA) is 71.1 Å². The molecule has 4 aromatic heterocycles. The van der Waals surface area contributed by atoms with E-state index >= 15 is 0 Å². The lowest BCUT2D eigenvalue weighted by molar-refractivity contribution is 0.0222. The van der Waals surface area contributed by atoms with Crippen LogP contribution in [0, 0.1) is 0 Å². The average Bonchev–Trinajstić information content (AvgIpc) is 3.91. The molecule has 0 aliphatic carbocycles. The van der Waals surface area contributed by atoms with Gasteiger partial charge in [0.1, 0.15) is 12.2 Å². The van der Waals surface area contributed by atoms with Crippen LogP contribution in [0.15, 0.2) is 84.9 Å². The summed E-state index contributed by atoms with van der Waals surface area (Å²) in [5, 5.41) is 2.43. The van der Waals surface area contributed by atoms with Gasteiger partial charge in [-0.1, -0.05) is 100 Å². The predicted octanol–water partition coefficient (Wildman–Crippen LogP) is 13.8. The number of hydrogen-bond donors (Lipinski definition) is 0.